The summed E-state index contributed by atoms with van der Waals surface area (Å²) in [7, 11) is 0. The molecule has 0 bridgehead atoms. The van der Waals surface area contributed by atoms with E-state index in [-0.39, 0.29) is 11.0 Å². The van der Waals surface area contributed by atoms with Gasteiger partial charge in [0, 0.05) is 5.75 Å². The first-order valence-corrected chi connectivity index (χ1v) is 8.77. The van der Waals surface area contributed by atoms with Crippen LogP contribution in [0.1, 0.15) is 24.2 Å². The number of nitrogens with zero attached hydrogens (tertiary/aromatic N) is 2. The number of H-pyrrole nitrogens is 1. The number of benzene rings is 2. The van der Waals surface area contributed by atoms with E-state index < -0.39 is 5.92 Å². The summed E-state index contributed by atoms with van der Waals surface area (Å²) >= 11 is 1.54. The Kier molecular flexibility index (Phi) is 4.97. The Morgan fingerprint density at radius 3 is 2.62 bits per heavy atom. The van der Waals surface area contributed by atoms with Crippen LogP contribution < -0.4 is 0 Å². The molecule has 1 aromatic heterocycles. The molecular weight excluding hydrogens is 318 g/mol. The molecular formula is C19H17N3OS. The highest BCUT2D eigenvalue weighted by Crippen LogP contribution is 2.25. The number of hydrogen-bond donors (Lipinski definition) is 1. The maximum atomic E-state index is 12.7. The molecule has 24 heavy (non-hydrogen) atoms. The van der Waals surface area contributed by atoms with Crippen LogP contribution >= 0.6 is 11.8 Å². The number of rotatable bonds is 6. The van der Waals surface area contributed by atoms with Crippen LogP contribution in [0.3, 0.4) is 0 Å². The number of hydrogen-bond acceptors (Lipinski definition) is 4. The summed E-state index contributed by atoms with van der Waals surface area (Å²) < 4.78 is 0. The highest BCUT2D eigenvalue weighted by Gasteiger charge is 2.28. The van der Waals surface area contributed by atoms with Crippen LogP contribution in [0.15, 0.2) is 54.6 Å². The normalized spacial score (nSPS) is 13.3. The van der Waals surface area contributed by atoms with Crippen molar-refractivity contribution < 1.29 is 4.79 Å². The number of thioether (sulfide) groups is 1. The Bertz CT molecular complexity index is 849. The van der Waals surface area contributed by atoms with Crippen LogP contribution in [0.25, 0.3) is 11.0 Å². The van der Waals surface area contributed by atoms with Crippen molar-refractivity contribution in [1.82, 2.24) is 9.97 Å². The summed E-state index contributed by atoms with van der Waals surface area (Å²) in [5.74, 6) is 0.190. The number of Topliss-reactive ketones (excluding diaryl/α,β-unsaturated/α-hetero) is 1. The lowest BCUT2D eigenvalue weighted by molar-refractivity contribution is -0.118. The maximum Gasteiger partial charge on any atom is 0.170 e. The van der Waals surface area contributed by atoms with Crippen molar-refractivity contribution in [1.29, 1.82) is 5.26 Å². The molecule has 0 radical (unpaired) electrons. The molecule has 0 saturated heterocycles. The van der Waals surface area contributed by atoms with E-state index in [1.54, 1.807) is 11.8 Å². The van der Waals surface area contributed by atoms with Gasteiger partial charge in [0.15, 0.2) is 11.7 Å². The molecule has 3 aromatic rings. The van der Waals surface area contributed by atoms with E-state index in [0.717, 1.165) is 16.8 Å². The fourth-order valence-electron chi connectivity index (χ4n) is 2.48. The third kappa shape index (κ3) is 3.50. The van der Waals surface area contributed by atoms with E-state index >= 15 is 0 Å². The topological polar surface area (TPSA) is 69.5 Å². The number of nitriles is 1. The summed E-state index contributed by atoms with van der Waals surface area (Å²) in [5.41, 5.74) is 2.77. The van der Waals surface area contributed by atoms with Gasteiger partial charge >= 0.3 is 0 Å². The zero-order valence-electron chi connectivity index (χ0n) is 13.3. The monoisotopic (exact) mass is 335 g/mol. The fourth-order valence-corrected chi connectivity index (χ4v) is 3.42. The van der Waals surface area contributed by atoms with Crippen molar-refractivity contribution in [3.63, 3.8) is 0 Å². The van der Waals surface area contributed by atoms with E-state index in [1.165, 1.54) is 5.56 Å². The third-order valence-electron chi connectivity index (χ3n) is 3.84. The standard InChI is InChI=1S/C19H17N3OS/c1-13(24-12-14-7-3-2-4-8-14)18(23)15(11-20)19-21-16-9-5-6-10-17(16)22-19/h2-10,13,15H,12H2,1H3,(H,21,22)/t13-,15+/m0/s1. The van der Waals surface area contributed by atoms with E-state index in [1.807, 2.05) is 61.5 Å². The molecule has 0 fully saturated rings. The molecule has 0 unspecified atom stereocenters. The molecule has 3 rings (SSSR count). The second-order valence-electron chi connectivity index (χ2n) is 5.54. The minimum Gasteiger partial charge on any atom is -0.340 e. The molecule has 1 N–H and O–H groups in total. The number of para-hydroxylation sites is 2. The molecule has 4 nitrogen and oxygen atoms in total. The minimum absolute atomic E-state index is 0.113. The van der Waals surface area contributed by atoms with Crippen molar-refractivity contribution in [2.45, 2.75) is 23.8 Å². The van der Waals surface area contributed by atoms with Crippen LogP contribution in [-0.4, -0.2) is 21.0 Å². The van der Waals surface area contributed by atoms with Crippen LogP contribution in [0.4, 0.5) is 0 Å². The first kappa shape index (κ1) is 16.3. The second kappa shape index (κ2) is 7.33. The first-order valence-electron chi connectivity index (χ1n) is 7.72. The highest BCUT2D eigenvalue weighted by molar-refractivity contribution is 7.99. The van der Waals surface area contributed by atoms with E-state index in [2.05, 4.69) is 16.0 Å². The van der Waals surface area contributed by atoms with Gasteiger partial charge in [0.05, 0.1) is 22.4 Å². The smallest absolute Gasteiger partial charge is 0.170 e. The lowest BCUT2D eigenvalue weighted by Gasteiger charge is -2.13. The molecule has 5 heteroatoms. The number of aromatic nitrogens is 2. The summed E-state index contributed by atoms with van der Waals surface area (Å²) in [4.78, 5) is 20.2. The Morgan fingerprint density at radius 2 is 1.92 bits per heavy atom. The Labute approximate surface area is 144 Å². The van der Waals surface area contributed by atoms with Gasteiger partial charge in [-0.05, 0) is 24.6 Å². The number of carbonyl (C=O) groups excluding carboxylic acids is 1. The van der Waals surface area contributed by atoms with Gasteiger partial charge in [0.2, 0.25) is 0 Å². The Hall–Kier alpha value is -2.58. The van der Waals surface area contributed by atoms with Gasteiger partial charge in [0.25, 0.3) is 0 Å². The summed E-state index contributed by atoms with van der Waals surface area (Å²) in [6, 6.07) is 19.6. The molecule has 0 aliphatic heterocycles. The molecule has 0 aliphatic carbocycles. The fraction of sp³-hybridized carbons (Fsp3) is 0.211. The van der Waals surface area contributed by atoms with Gasteiger partial charge < -0.3 is 4.98 Å². The number of carbonyl (C=O) groups is 1. The van der Waals surface area contributed by atoms with E-state index in [0.29, 0.717) is 5.82 Å². The van der Waals surface area contributed by atoms with Crippen LogP contribution in [-0.2, 0) is 10.5 Å². The van der Waals surface area contributed by atoms with Crippen molar-refractivity contribution in [3.8, 4) is 6.07 Å². The lowest BCUT2D eigenvalue weighted by Crippen LogP contribution is -2.22. The maximum absolute atomic E-state index is 12.7. The van der Waals surface area contributed by atoms with Crippen LogP contribution in [0, 0.1) is 11.3 Å². The Balaban J connectivity index is 1.72. The SMILES string of the molecule is C[C@H](SCc1ccccc1)C(=O)[C@@H](C#N)c1nc2ccccc2[nH]1. The predicted molar refractivity (Wildman–Crippen MR) is 96.7 cm³/mol. The van der Waals surface area contributed by atoms with Crippen LogP contribution in [0.5, 0.6) is 0 Å². The predicted octanol–water partition coefficient (Wildman–Crippen LogP) is 4.06. The zero-order valence-corrected chi connectivity index (χ0v) is 14.1. The average molecular weight is 335 g/mol. The van der Waals surface area contributed by atoms with Crippen LogP contribution in [0.2, 0.25) is 0 Å². The minimum atomic E-state index is -0.865. The largest absolute Gasteiger partial charge is 0.340 e. The molecule has 120 valence electrons. The molecule has 2 aromatic carbocycles. The van der Waals surface area contributed by atoms with E-state index in [9.17, 15) is 10.1 Å². The molecule has 0 aliphatic rings. The van der Waals surface area contributed by atoms with Crippen molar-refractivity contribution >= 4 is 28.6 Å². The quantitative estimate of drug-likeness (QED) is 0.737. The van der Waals surface area contributed by atoms with Gasteiger partial charge in [-0.3, -0.25) is 4.79 Å². The number of aromatic amines is 1. The van der Waals surface area contributed by atoms with Gasteiger partial charge in [-0.2, -0.15) is 5.26 Å². The van der Waals surface area contributed by atoms with Gasteiger partial charge in [0.1, 0.15) is 5.82 Å². The summed E-state index contributed by atoms with van der Waals surface area (Å²) in [5, 5.41) is 9.19. The third-order valence-corrected chi connectivity index (χ3v) is 5.07. The molecule has 0 spiro atoms. The summed E-state index contributed by atoms with van der Waals surface area (Å²) in [6.45, 7) is 1.85. The zero-order chi connectivity index (χ0) is 16.9. The van der Waals surface area contributed by atoms with Crippen molar-refractivity contribution in [2.75, 3.05) is 0 Å². The van der Waals surface area contributed by atoms with Crippen molar-refractivity contribution in [2.24, 2.45) is 0 Å². The molecule has 2 atom stereocenters. The van der Waals surface area contributed by atoms with Gasteiger partial charge in [-0.1, -0.05) is 42.5 Å². The molecule has 0 saturated carbocycles. The number of ketones is 1. The highest BCUT2D eigenvalue weighted by atomic mass is 32.2. The number of fused-ring (bicyclic) bond motifs is 1. The lowest BCUT2D eigenvalue weighted by atomic mass is 10.0. The first-order chi connectivity index (χ1) is 11.7. The van der Waals surface area contributed by atoms with Crippen molar-refractivity contribution in [3.05, 3.63) is 66.0 Å². The average Bonchev–Trinajstić information content (AvgIpc) is 3.04. The number of nitrogens with one attached hydrogen (secondary N) is 1. The number of imidazole rings is 1. The molecule has 1 heterocycles. The molecule has 0 amide bonds. The second-order valence-corrected chi connectivity index (χ2v) is 6.87. The van der Waals surface area contributed by atoms with E-state index in [4.69, 9.17) is 0 Å². The van der Waals surface area contributed by atoms with Gasteiger partial charge in [-0.25, -0.2) is 4.98 Å². The summed E-state index contributed by atoms with van der Waals surface area (Å²) in [6.07, 6.45) is 0. The van der Waals surface area contributed by atoms with Gasteiger partial charge in [-0.15, -0.1) is 11.8 Å². The Morgan fingerprint density at radius 1 is 1.21 bits per heavy atom.